The van der Waals surface area contributed by atoms with Gasteiger partial charge in [0.15, 0.2) is 0 Å². The Morgan fingerprint density at radius 1 is 1.08 bits per heavy atom. The minimum atomic E-state index is -4.58. The summed E-state index contributed by atoms with van der Waals surface area (Å²) < 4.78 is 63.3. The van der Waals surface area contributed by atoms with E-state index in [0.29, 0.717) is 25.4 Å². The zero-order valence-electron chi connectivity index (χ0n) is 20.7. The molecule has 1 aliphatic carbocycles. The highest BCUT2D eigenvalue weighted by atomic mass is 19.4. The van der Waals surface area contributed by atoms with Gasteiger partial charge in [0.25, 0.3) is 5.91 Å². The van der Waals surface area contributed by atoms with Crippen molar-refractivity contribution < 1.29 is 27.1 Å². The van der Waals surface area contributed by atoms with Crippen LogP contribution in [-0.2, 0) is 19.1 Å². The third-order valence-corrected chi connectivity index (χ3v) is 7.14. The predicted molar refractivity (Wildman–Crippen MR) is 132 cm³/mol. The summed E-state index contributed by atoms with van der Waals surface area (Å²) in [6.07, 6.45) is 2.94. The maximum Gasteiger partial charge on any atom is 0.416 e. The zero-order chi connectivity index (χ0) is 26.9. The van der Waals surface area contributed by atoms with E-state index in [9.17, 15) is 22.8 Å². The summed E-state index contributed by atoms with van der Waals surface area (Å²) in [5, 5.41) is 6.72. The van der Waals surface area contributed by atoms with Gasteiger partial charge in [0, 0.05) is 24.7 Å². The summed E-state index contributed by atoms with van der Waals surface area (Å²) in [5.41, 5.74) is -1.82. The monoisotopic (exact) mass is 532 g/mol. The van der Waals surface area contributed by atoms with Crippen LogP contribution in [0.3, 0.4) is 0 Å². The first-order valence-electron chi connectivity index (χ1n) is 12.8. The minimum absolute atomic E-state index is 0.0364. The number of amides is 1. The number of hydrogen-bond acceptors (Lipinski definition) is 4. The number of hydrogen-bond donors (Lipinski definition) is 1. The van der Waals surface area contributed by atoms with Gasteiger partial charge in [-0.05, 0) is 55.9 Å². The van der Waals surface area contributed by atoms with E-state index in [4.69, 9.17) is 4.74 Å². The number of rotatable bonds is 6. The molecule has 0 atom stereocenters. The molecule has 2 aromatic carbocycles. The molecule has 2 aliphatic rings. The van der Waals surface area contributed by atoms with Crippen molar-refractivity contribution in [3.8, 4) is 11.4 Å². The third kappa shape index (κ3) is 5.46. The fourth-order valence-corrected chi connectivity index (χ4v) is 5.09. The average Bonchev–Trinajstić information content (AvgIpc) is 3.24. The van der Waals surface area contributed by atoms with Crippen LogP contribution in [0, 0.1) is 11.7 Å². The third-order valence-electron chi connectivity index (χ3n) is 7.14. The number of carbonyl (C=O) groups excluding carboxylic acids is 1. The number of nitrogens with zero attached hydrogens (tertiary/aromatic N) is 3. The Morgan fingerprint density at radius 2 is 1.87 bits per heavy atom. The largest absolute Gasteiger partial charge is 0.492 e. The van der Waals surface area contributed by atoms with Crippen LogP contribution in [-0.4, -0.2) is 26.9 Å². The van der Waals surface area contributed by atoms with E-state index in [-0.39, 0.29) is 28.6 Å². The van der Waals surface area contributed by atoms with Crippen LogP contribution in [0.1, 0.15) is 66.7 Å². The van der Waals surface area contributed by atoms with Gasteiger partial charge in [-0.15, -0.1) is 5.10 Å². The Balaban J connectivity index is 1.49. The number of halogens is 4. The van der Waals surface area contributed by atoms with Crippen LogP contribution in [0.25, 0.3) is 5.69 Å². The molecule has 202 valence electrons. The molecule has 1 aromatic heterocycles. The Morgan fingerprint density at radius 3 is 2.61 bits per heavy atom. The molecule has 1 amide bonds. The van der Waals surface area contributed by atoms with Crippen LogP contribution in [0.5, 0.6) is 5.75 Å². The second-order valence-corrected chi connectivity index (χ2v) is 9.87. The Kier molecular flexibility index (Phi) is 7.27. The summed E-state index contributed by atoms with van der Waals surface area (Å²) in [5.74, 6) is -0.836. The van der Waals surface area contributed by atoms with Crippen LogP contribution in [0.4, 0.5) is 23.2 Å². The van der Waals surface area contributed by atoms with E-state index in [1.165, 1.54) is 22.8 Å². The van der Waals surface area contributed by atoms with Gasteiger partial charge in [0.1, 0.15) is 23.1 Å². The summed E-state index contributed by atoms with van der Waals surface area (Å²) in [7, 11) is 0. The first-order chi connectivity index (χ1) is 18.2. The smallest absolute Gasteiger partial charge is 0.416 e. The Bertz CT molecular complexity index is 1390. The summed E-state index contributed by atoms with van der Waals surface area (Å²) >= 11 is 0. The molecule has 0 spiro atoms. The highest BCUT2D eigenvalue weighted by molar-refractivity contribution is 6.06. The molecule has 0 unspecified atom stereocenters. The lowest BCUT2D eigenvalue weighted by molar-refractivity contribution is -0.137. The maximum atomic E-state index is 15.4. The number of ether oxygens (including phenoxy) is 1. The highest BCUT2D eigenvalue weighted by Gasteiger charge is 2.31. The van der Waals surface area contributed by atoms with Crippen molar-refractivity contribution in [2.24, 2.45) is 5.92 Å². The van der Waals surface area contributed by atoms with Crippen LogP contribution < -0.4 is 15.7 Å². The van der Waals surface area contributed by atoms with Crippen LogP contribution in [0.15, 0.2) is 41.2 Å². The number of alkyl halides is 3. The average molecular weight is 533 g/mol. The van der Waals surface area contributed by atoms with E-state index in [2.05, 4.69) is 10.4 Å². The lowest BCUT2D eigenvalue weighted by Gasteiger charge is -2.22. The number of anilines is 1. The molecule has 1 saturated carbocycles. The van der Waals surface area contributed by atoms with Crippen molar-refractivity contribution in [3.63, 3.8) is 0 Å². The molecule has 0 radical (unpaired) electrons. The van der Waals surface area contributed by atoms with E-state index in [1.807, 2.05) is 0 Å². The molecular formula is C27H28F4N4O3. The van der Waals surface area contributed by atoms with E-state index in [1.54, 1.807) is 0 Å². The molecule has 1 aliphatic heterocycles. The van der Waals surface area contributed by atoms with Crippen LogP contribution in [0.2, 0.25) is 0 Å². The Labute approximate surface area is 216 Å². The normalized spacial score (nSPS) is 16.2. The molecular weight excluding hydrogens is 504 g/mol. The molecule has 1 fully saturated rings. The molecule has 0 bridgehead atoms. The number of carbonyl (C=O) groups is 1. The molecule has 3 aromatic rings. The number of aromatic nitrogens is 3. The van der Waals surface area contributed by atoms with E-state index < -0.39 is 29.2 Å². The number of fused-ring (bicyclic) bond motifs is 1. The molecule has 0 saturated heterocycles. The number of aryl methyl sites for hydroxylation is 1. The molecule has 11 heteroatoms. The van der Waals surface area contributed by atoms with Gasteiger partial charge in [-0.25, -0.2) is 9.18 Å². The van der Waals surface area contributed by atoms with Gasteiger partial charge in [-0.2, -0.15) is 17.9 Å². The quantitative estimate of drug-likeness (QED) is 0.411. The fraction of sp³-hybridized carbons (Fsp3) is 0.444. The fourth-order valence-electron chi connectivity index (χ4n) is 5.09. The second-order valence-electron chi connectivity index (χ2n) is 9.87. The van der Waals surface area contributed by atoms with E-state index in [0.717, 1.165) is 67.8 Å². The number of nitrogens with one attached hydrogen (secondary N) is 1. The van der Waals surface area contributed by atoms with Gasteiger partial charge in [0.2, 0.25) is 0 Å². The molecule has 5 rings (SSSR count). The van der Waals surface area contributed by atoms with Gasteiger partial charge in [-0.3, -0.25) is 9.36 Å². The van der Waals surface area contributed by atoms with Gasteiger partial charge < -0.3 is 10.1 Å². The van der Waals surface area contributed by atoms with Crippen molar-refractivity contribution in [2.75, 3.05) is 11.9 Å². The lowest BCUT2D eigenvalue weighted by atomic mass is 9.90. The van der Waals surface area contributed by atoms with Gasteiger partial charge in [0.05, 0.1) is 17.7 Å². The Hall–Kier alpha value is -3.63. The molecule has 38 heavy (non-hydrogen) atoms. The van der Waals surface area contributed by atoms with Crippen molar-refractivity contribution in [2.45, 2.75) is 64.1 Å². The first-order valence-corrected chi connectivity index (χ1v) is 12.8. The lowest BCUT2D eigenvalue weighted by Crippen LogP contribution is -2.27. The number of benzene rings is 2. The van der Waals surface area contributed by atoms with Gasteiger partial charge >= 0.3 is 11.9 Å². The van der Waals surface area contributed by atoms with Crippen molar-refractivity contribution in [3.05, 3.63) is 69.7 Å². The zero-order valence-corrected chi connectivity index (χ0v) is 20.7. The van der Waals surface area contributed by atoms with E-state index >= 15 is 4.39 Å². The summed E-state index contributed by atoms with van der Waals surface area (Å²) in [6.45, 7) is 0.793. The standard InChI is InChI=1S/C27H28F4N4O3/c28-21-14-20(25(36)32-19-10-6-9-18(13-19)27(29,30)31)23(38-16-17-7-2-1-3-8-17)15-22(21)35-26(37)34-12-5-4-11-24(34)33-35/h6,9-10,13-15,17H,1-5,7-8,11-12,16H2,(H,32,36). The highest BCUT2D eigenvalue weighted by Crippen LogP contribution is 2.32. The second kappa shape index (κ2) is 10.6. The summed E-state index contributed by atoms with van der Waals surface area (Å²) in [4.78, 5) is 26.1. The molecule has 7 nitrogen and oxygen atoms in total. The minimum Gasteiger partial charge on any atom is -0.492 e. The topological polar surface area (TPSA) is 78.2 Å². The first kappa shape index (κ1) is 26.0. The SMILES string of the molecule is O=C(Nc1cccc(C(F)(F)F)c1)c1cc(F)c(-n2nc3n(c2=O)CCCC3)cc1OCC1CCCCC1. The van der Waals surface area contributed by atoms with Crippen molar-refractivity contribution in [1.29, 1.82) is 0 Å². The molecule has 2 heterocycles. The maximum absolute atomic E-state index is 15.4. The summed E-state index contributed by atoms with van der Waals surface area (Å²) in [6, 6.07) is 6.41. The predicted octanol–water partition coefficient (Wildman–Crippen LogP) is 5.74. The van der Waals surface area contributed by atoms with Crippen molar-refractivity contribution in [1.82, 2.24) is 14.3 Å². The van der Waals surface area contributed by atoms with Gasteiger partial charge in [-0.1, -0.05) is 25.3 Å². The van der Waals surface area contributed by atoms with Crippen LogP contribution >= 0.6 is 0 Å². The van der Waals surface area contributed by atoms with Crippen molar-refractivity contribution >= 4 is 11.6 Å². The molecule has 1 N–H and O–H groups in total.